The Balaban J connectivity index is 2.44. The van der Waals surface area contributed by atoms with Crippen molar-refractivity contribution in [2.45, 2.75) is 73.3 Å². The van der Waals surface area contributed by atoms with Crippen LogP contribution in [0.15, 0.2) is 28.2 Å². The number of ether oxygens (including phenoxy) is 1. The second-order valence-electron chi connectivity index (χ2n) is 8.42. The van der Waals surface area contributed by atoms with Gasteiger partial charge in [0.2, 0.25) is 5.90 Å². The molecule has 3 nitrogen and oxygen atoms in total. The first-order valence-corrected chi connectivity index (χ1v) is 9.00. The van der Waals surface area contributed by atoms with Crippen molar-refractivity contribution in [2.75, 3.05) is 6.61 Å². The zero-order valence-electron chi connectivity index (χ0n) is 16.5. The van der Waals surface area contributed by atoms with E-state index in [1.165, 1.54) is 11.1 Å². The monoisotopic (exact) mass is 328 g/mol. The Morgan fingerprint density at radius 1 is 1.12 bits per heavy atom. The second kappa shape index (κ2) is 7.08. The summed E-state index contributed by atoms with van der Waals surface area (Å²) in [5.74, 6) is 1.57. The number of hydrogen-bond acceptors (Lipinski definition) is 3. The number of hydrogen-bond donors (Lipinski definition) is 0. The predicted octanol–water partition coefficient (Wildman–Crippen LogP) is 5.87. The van der Waals surface area contributed by atoms with E-state index >= 15 is 0 Å². The van der Waals surface area contributed by atoms with Crippen molar-refractivity contribution in [3.05, 3.63) is 29.3 Å². The van der Waals surface area contributed by atoms with E-state index in [0.717, 1.165) is 11.4 Å². The Kier molecular flexibility index (Phi) is 5.52. The van der Waals surface area contributed by atoms with Crippen molar-refractivity contribution in [3.63, 3.8) is 0 Å². The van der Waals surface area contributed by atoms with Crippen LogP contribution < -0.4 is 0 Å². The Morgan fingerprint density at radius 2 is 1.67 bits per heavy atom. The average molecular weight is 329 g/mol. The SMILES string of the molecule is C/C(=N\c1c(C(C)C)cccc1C(C)C)C1=N[C@@H](C(C)(C)C)CO1. The smallest absolute Gasteiger partial charge is 0.231 e. The summed E-state index contributed by atoms with van der Waals surface area (Å²) in [6.45, 7) is 18.1. The summed E-state index contributed by atoms with van der Waals surface area (Å²) >= 11 is 0. The molecule has 132 valence electrons. The van der Waals surface area contributed by atoms with E-state index in [1.807, 2.05) is 6.92 Å². The fourth-order valence-electron chi connectivity index (χ4n) is 2.87. The molecule has 2 rings (SSSR count). The second-order valence-corrected chi connectivity index (χ2v) is 8.42. The van der Waals surface area contributed by atoms with Gasteiger partial charge >= 0.3 is 0 Å². The Hall–Kier alpha value is -1.64. The van der Waals surface area contributed by atoms with Gasteiger partial charge in [0.05, 0.1) is 17.4 Å². The first-order chi connectivity index (χ1) is 11.1. The lowest BCUT2D eigenvalue weighted by Crippen LogP contribution is -2.25. The molecule has 0 amide bonds. The van der Waals surface area contributed by atoms with E-state index in [9.17, 15) is 0 Å². The molecule has 0 aromatic heterocycles. The summed E-state index contributed by atoms with van der Waals surface area (Å²) in [4.78, 5) is 9.73. The number of para-hydroxylation sites is 1. The summed E-state index contributed by atoms with van der Waals surface area (Å²) in [5, 5.41) is 0. The molecule has 1 aliphatic heterocycles. The molecule has 1 atom stereocenters. The predicted molar refractivity (Wildman–Crippen MR) is 104 cm³/mol. The maximum atomic E-state index is 5.85. The molecule has 0 aliphatic carbocycles. The van der Waals surface area contributed by atoms with Crippen LogP contribution in [0.25, 0.3) is 0 Å². The lowest BCUT2D eigenvalue weighted by molar-refractivity contribution is 0.237. The fourth-order valence-corrected chi connectivity index (χ4v) is 2.87. The van der Waals surface area contributed by atoms with Gasteiger partial charge in [0, 0.05) is 0 Å². The van der Waals surface area contributed by atoms with E-state index in [4.69, 9.17) is 14.7 Å². The zero-order valence-corrected chi connectivity index (χ0v) is 16.5. The van der Waals surface area contributed by atoms with Crippen molar-refractivity contribution >= 4 is 17.3 Å². The third-order valence-corrected chi connectivity index (χ3v) is 4.58. The number of rotatable bonds is 4. The van der Waals surface area contributed by atoms with Crippen LogP contribution in [0.2, 0.25) is 0 Å². The lowest BCUT2D eigenvalue weighted by Gasteiger charge is -2.21. The van der Waals surface area contributed by atoms with E-state index in [2.05, 4.69) is 66.7 Å². The van der Waals surface area contributed by atoms with Crippen LogP contribution in [-0.2, 0) is 4.74 Å². The molecule has 0 saturated heterocycles. The van der Waals surface area contributed by atoms with Crippen LogP contribution in [0.1, 0.15) is 78.4 Å². The highest BCUT2D eigenvalue weighted by atomic mass is 16.5. The topological polar surface area (TPSA) is 34.0 Å². The summed E-state index contributed by atoms with van der Waals surface area (Å²) in [5.41, 5.74) is 4.64. The highest BCUT2D eigenvalue weighted by Gasteiger charge is 2.31. The van der Waals surface area contributed by atoms with Crippen LogP contribution in [-0.4, -0.2) is 24.3 Å². The van der Waals surface area contributed by atoms with Gasteiger partial charge in [0.1, 0.15) is 6.61 Å². The average Bonchev–Trinajstić information content (AvgIpc) is 2.96. The molecule has 1 heterocycles. The summed E-state index contributed by atoms with van der Waals surface area (Å²) in [6, 6.07) is 6.69. The Bertz CT molecular complexity index is 622. The fraction of sp³-hybridized carbons (Fsp3) is 0.619. The molecule has 3 heteroatoms. The molecule has 0 N–H and O–H groups in total. The highest BCUT2D eigenvalue weighted by molar-refractivity contribution is 6.39. The van der Waals surface area contributed by atoms with Gasteiger partial charge in [-0.3, -0.25) is 0 Å². The van der Waals surface area contributed by atoms with Crippen LogP contribution in [0.4, 0.5) is 5.69 Å². The molecular weight excluding hydrogens is 296 g/mol. The normalized spacial score (nSPS) is 19.0. The van der Waals surface area contributed by atoms with Crippen LogP contribution in [0.3, 0.4) is 0 Å². The molecular formula is C21H32N2O. The minimum atomic E-state index is 0.112. The molecule has 1 aromatic carbocycles. The zero-order chi connectivity index (χ0) is 18.1. The van der Waals surface area contributed by atoms with Crippen LogP contribution >= 0.6 is 0 Å². The number of aliphatic imine (C=N–C) groups is 2. The van der Waals surface area contributed by atoms with Crippen LogP contribution in [0, 0.1) is 5.41 Å². The van der Waals surface area contributed by atoms with E-state index < -0.39 is 0 Å². The van der Waals surface area contributed by atoms with Crippen molar-refractivity contribution in [3.8, 4) is 0 Å². The third-order valence-electron chi connectivity index (χ3n) is 4.58. The molecule has 0 fully saturated rings. The quantitative estimate of drug-likeness (QED) is 0.636. The molecule has 0 spiro atoms. The van der Waals surface area contributed by atoms with Gasteiger partial charge in [0.15, 0.2) is 0 Å². The summed E-state index contributed by atoms with van der Waals surface area (Å²) in [6.07, 6.45) is 0. The Labute approximate surface area is 147 Å². The van der Waals surface area contributed by atoms with Gasteiger partial charge < -0.3 is 4.74 Å². The first kappa shape index (κ1) is 18.7. The van der Waals surface area contributed by atoms with E-state index in [-0.39, 0.29) is 11.5 Å². The molecule has 1 aliphatic rings. The minimum absolute atomic E-state index is 0.112. The molecule has 24 heavy (non-hydrogen) atoms. The molecule has 1 aromatic rings. The van der Waals surface area contributed by atoms with Gasteiger partial charge in [-0.15, -0.1) is 0 Å². The molecule has 0 unspecified atom stereocenters. The van der Waals surface area contributed by atoms with Crippen LogP contribution in [0.5, 0.6) is 0 Å². The van der Waals surface area contributed by atoms with Crippen molar-refractivity contribution < 1.29 is 4.74 Å². The molecule has 0 bridgehead atoms. The van der Waals surface area contributed by atoms with Crippen molar-refractivity contribution in [1.29, 1.82) is 0 Å². The summed E-state index contributed by atoms with van der Waals surface area (Å²) < 4.78 is 5.85. The van der Waals surface area contributed by atoms with Crippen molar-refractivity contribution in [1.82, 2.24) is 0 Å². The molecule has 0 saturated carbocycles. The van der Waals surface area contributed by atoms with E-state index in [0.29, 0.717) is 24.3 Å². The molecule has 0 radical (unpaired) electrons. The summed E-state index contributed by atoms with van der Waals surface area (Å²) in [7, 11) is 0. The van der Waals surface area contributed by atoms with Gasteiger partial charge in [-0.1, -0.05) is 66.7 Å². The highest BCUT2D eigenvalue weighted by Crippen LogP contribution is 2.35. The Morgan fingerprint density at radius 3 is 2.08 bits per heavy atom. The van der Waals surface area contributed by atoms with Gasteiger partial charge in [0.25, 0.3) is 0 Å². The largest absolute Gasteiger partial charge is 0.474 e. The third kappa shape index (κ3) is 4.06. The first-order valence-electron chi connectivity index (χ1n) is 9.00. The lowest BCUT2D eigenvalue weighted by atomic mass is 9.88. The van der Waals surface area contributed by atoms with Crippen molar-refractivity contribution in [2.24, 2.45) is 15.4 Å². The number of benzene rings is 1. The minimum Gasteiger partial charge on any atom is -0.474 e. The number of nitrogens with zero attached hydrogens (tertiary/aromatic N) is 2. The van der Waals surface area contributed by atoms with Gasteiger partial charge in [-0.25, -0.2) is 9.98 Å². The maximum Gasteiger partial charge on any atom is 0.231 e. The van der Waals surface area contributed by atoms with Gasteiger partial charge in [-0.2, -0.15) is 0 Å². The standard InChI is InChI=1S/C21H32N2O/c1-13(2)16-10-9-11-17(14(3)4)19(16)22-15(5)20-23-18(12-24-20)21(6,7)8/h9-11,13-14,18H,12H2,1-8H3/b22-15+/t18-/m1/s1. The van der Waals surface area contributed by atoms with E-state index in [1.54, 1.807) is 0 Å². The van der Waals surface area contributed by atoms with Gasteiger partial charge in [-0.05, 0) is 35.3 Å². The maximum absolute atomic E-state index is 5.85.